The van der Waals surface area contributed by atoms with Crippen molar-refractivity contribution in [1.29, 1.82) is 0 Å². The minimum Gasteiger partial charge on any atom is -0.395 e. The number of hydrogen-bond acceptors (Lipinski definition) is 5. The Bertz CT molecular complexity index is 998. The lowest BCUT2D eigenvalue weighted by molar-refractivity contribution is -0.402. The summed E-state index contributed by atoms with van der Waals surface area (Å²) in [5.41, 5.74) is 1.66. The van der Waals surface area contributed by atoms with E-state index < -0.39 is 16.7 Å². The highest BCUT2D eigenvalue weighted by Gasteiger charge is 2.19. The standard InChI is InChI=1S/C20H17N3O5/c24-19(21-13-12-14-6-2-1-3-7-14)15-8-4-5-9-16(15)22-20(25)17-10-11-18(28-17)23(26)27/h1-11H,12-13H2,(H,21,24)(H,22,25). The molecule has 0 atom stereocenters. The Morgan fingerprint density at radius 1 is 0.929 bits per heavy atom. The lowest BCUT2D eigenvalue weighted by Crippen LogP contribution is -2.27. The van der Waals surface area contributed by atoms with Gasteiger partial charge in [0.1, 0.15) is 4.92 Å². The number of amides is 2. The number of carbonyl (C=O) groups excluding carboxylic acids is 2. The molecule has 0 fully saturated rings. The highest BCUT2D eigenvalue weighted by atomic mass is 16.6. The van der Waals surface area contributed by atoms with Crippen LogP contribution in [0, 0.1) is 10.1 Å². The Labute approximate surface area is 160 Å². The molecule has 3 aromatic rings. The highest BCUT2D eigenvalue weighted by molar-refractivity contribution is 6.07. The first-order valence-corrected chi connectivity index (χ1v) is 8.51. The fourth-order valence-corrected chi connectivity index (χ4v) is 2.58. The van der Waals surface area contributed by atoms with Gasteiger partial charge < -0.3 is 15.1 Å². The van der Waals surface area contributed by atoms with Crippen molar-refractivity contribution in [3.63, 3.8) is 0 Å². The Hall–Kier alpha value is -3.94. The van der Waals surface area contributed by atoms with Crippen LogP contribution in [0.2, 0.25) is 0 Å². The first kappa shape index (κ1) is 18.8. The van der Waals surface area contributed by atoms with Gasteiger partial charge in [0.25, 0.3) is 11.8 Å². The molecule has 0 saturated carbocycles. The van der Waals surface area contributed by atoms with Crippen molar-refractivity contribution in [1.82, 2.24) is 5.32 Å². The van der Waals surface area contributed by atoms with E-state index in [9.17, 15) is 19.7 Å². The van der Waals surface area contributed by atoms with Crippen molar-refractivity contribution in [2.75, 3.05) is 11.9 Å². The molecule has 0 spiro atoms. The van der Waals surface area contributed by atoms with Crippen molar-refractivity contribution in [3.05, 3.63) is 93.7 Å². The molecule has 0 unspecified atom stereocenters. The maximum absolute atomic E-state index is 12.5. The predicted molar refractivity (Wildman–Crippen MR) is 102 cm³/mol. The second-order valence-corrected chi connectivity index (χ2v) is 5.89. The molecule has 0 saturated heterocycles. The molecule has 28 heavy (non-hydrogen) atoms. The molecule has 8 nitrogen and oxygen atoms in total. The summed E-state index contributed by atoms with van der Waals surface area (Å²) in [4.78, 5) is 34.7. The topological polar surface area (TPSA) is 114 Å². The average molecular weight is 379 g/mol. The van der Waals surface area contributed by atoms with Gasteiger partial charge >= 0.3 is 5.88 Å². The number of hydrogen-bond donors (Lipinski definition) is 2. The van der Waals surface area contributed by atoms with Crippen molar-refractivity contribution >= 4 is 23.4 Å². The molecule has 0 aliphatic rings. The molecule has 2 amide bonds. The van der Waals surface area contributed by atoms with Gasteiger partial charge in [-0.15, -0.1) is 0 Å². The number of nitrogens with zero attached hydrogens (tertiary/aromatic N) is 1. The van der Waals surface area contributed by atoms with Gasteiger partial charge in [0.2, 0.25) is 0 Å². The summed E-state index contributed by atoms with van der Waals surface area (Å²) >= 11 is 0. The van der Waals surface area contributed by atoms with Crippen LogP contribution in [0.25, 0.3) is 0 Å². The van der Waals surface area contributed by atoms with E-state index in [2.05, 4.69) is 10.6 Å². The van der Waals surface area contributed by atoms with Crippen molar-refractivity contribution in [2.45, 2.75) is 6.42 Å². The molecular formula is C20H17N3O5. The third-order valence-corrected chi connectivity index (χ3v) is 3.96. The number of para-hydroxylation sites is 1. The van der Waals surface area contributed by atoms with E-state index in [1.54, 1.807) is 24.3 Å². The van der Waals surface area contributed by atoms with Crippen LogP contribution in [0.4, 0.5) is 11.6 Å². The zero-order chi connectivity index (χ0) is 19.9. The quantitative estimate of drug-likeness (QED) is 0.482. The van der Waals surface area contributed by atoms with Gasteiger partial charge in [-0.05, 0) is 30.2 Å². The summed E-state index contributed by atoms with van der Waals surface area (Å²) in [6, 6.07) is 18.5. The predicted octanol–water partition coefficient (Wildman–Crippen LogP) is 3.41. The monoisotopic (exact) mass is 379 g/mol. The minimum absolute atomic E-state index is 0.217. The summed E-state index contributed by atoms with van der Waals surface area (Å²) in [5, 5.41) is 16.0. The third kappa shape index (κ3) is 4.61. The van der Waals surface area contributed by atoms with E-state index in [4.69, 9.17) is 4.42 Å². The normalized spacial score (nSPS) is 10.3. The average Bonchev–Trinajstić information content (AvgIpc) is 3.20. The fraction of sp³-hybridized carbons (Fsp3) is 0.100. The first-order valence-electron chi connectivity index (χ1n) is 8.51. The molecule has 142 valence electrons. The van der Waals surface area contributed by atoms with Crippen LogP contribution in [0.1, 0.15) is 26.5 Å². The Balaban J connectivity index is 1.65. The number of furan rings is 1. The zero-order valence-corrected chi connectivity index (χ0v) is 14.8. The minimum atomic E-state index is -0.731. The molecule has 1 aromatic heterocycles. The van der Waals surface area contributed by atoms with Gasteiger partial charge in [0.05, 0.1) is 17.3 Å². The summed E-state index contributed by atoms with van der Waals surface area (Å²) < 4.78 is 4.88. The van der Waals surface area contributed by atoms with Gasteiger partial charge in [-0.3, -0.25) is 19.7 Å². The van der Waals surface area contributed by atoms with Gasteiger partial charge in [0, 0.05) is 6.54 Å². The Morgan fingerprint density at radius 3 is 2.36 bits per heavy atom. The highest BCUT2D eigenvalue weighted by Crippen LogP contribution is 2.19. The summed E-state index contributed by atoms with van der Waals surface area (Å²) in [5.74, 6) is -1.77. The number of anilines is 1. The van der Waals surface area contributed by atoms with Crippen molar-refractivity contribution < 1.29 is 18.9 Å². The molecule has 1 heterocycles. The lowest BCUT2D eigenvalue weighted by atomic mass is 10.1. The summed E-state index contributed by atoms with van der Waals surface area (Å²) in [6.07, 6.45) is 0.678. The van der Waals surface area contributed by atoms with Crippen LogP contribution in [0.3, 0.4) is 0 Å². The molecule has 0 bridgehead atoms. The van der Waals surface area contributed by atoms with Gasteiger partial charge in [-0.2, -0.15) is 0 Å². The first-order chi connectivity index (χ1) is 13.5. The Kier molecular flexibility index (Phi) is 5.81. The molecule has 8 heteroatoms. The van der Waals surface area contributed by atoms with E-state index in [1.165, 1.54) is 6.07 Å². The molecule has 2 N–H and O–H groups in total. The van der Waals surface area contributed by atoms with Crippen LogP contribution in [-0.2, 0) is 6.42 Å². The molecule has 0 aliphatic heterocycles. The van der Waals surface area contributed by atoms with Crippen molar-refractivity contribution in [2.24, 2.45) is 0 Å². The van der Waals surface area contributed by atoms with E-state index in [1.807, 2.05) is 30.3 Å². The van der Waals surface area contributed by atoms with Gasteiger partial charge in [-0.1, -0.05) is 42.5 Å². The summed E-state index contributed by atoms with van der Waals surface area (Å²) in [6.45, 7) is 0.440. The van der Waals surface area contributed by atoms with E-state index >= 15 is 0 Å². The number of carbonyl (C=O) groups is 2. The van der Waals surface area contributed by atoms with Crippen LogP contribution < -0.4 is 10.6 Å². The third-order valence-electron chi connectivity index (χ3n) is 3.96. The SMILES string of the molecule is O=C(Nc1ccccc1C(=O)NCCc1ccccc1)c1ccc([N+](=O)[O-])o1. The number of nitrogens with one attached hydrogen (secondary N) is 2. The maximum atomic E-state index is 12.5. The summed E-state index contributed by atoms with van der Waals surface area (Å²) in [7, 11) is 0. The second kappa shape index (κ2) is 8.63. The number of nitro groups is 1. The smallest absolute Gasteiger partial charge is 0.395 e. The second-order valence-electron chi connectivity index (χ2n) is 5.89. The van der Waals surface area contributed by atoms with Gasteiger partial charge in [0.15, 0.2) is 5.76 Å². The molecule has 2 aromatic carbocycles. The van der Waals surface area contributed by atoms with E-state index in [0.717, 1.165) is 11.6 Å². The van der Waals surface area contributed by atoms with Crippen LogP contribution >= 0.6 is 0 Å². The number of benzene rings is 2. The lowest BCUT2D eigenvalue weighted by Gasteiger charge is -2.11. The zero-order valence-electron chi connectivity index (χ0n) is 14.8. The molecular weight excluding hydrogens is 362 g/mol. The Morgan fingerprint density at radius 2 is 1.64 bits per heavy atom. The fourth-order valence-electron chi connectivity index (χ4n) is 2.58. The van der Waals surface area contributed by atoms with E-state index in [-0.39, 0.29) is 22.9 Å². The van der Waals surface area contributed by atoms with Crippen LogP contribution in [-0.4, -0.2) is 23.3 Å². The number of rotatable bonds is 7. The maximum Gasteiger partial charge on any atom is 0.433 e. The van der Waals surface area contributed by atoms with Crippen LogP contribution in [0.15, 0.2) is 71.1 Å². The molecule has 0 aliphatic carbocycles. The van der Waals surface area contributed by atoms with E-state index in [0.29, 0.717) is 13.0 Å². The van der Waals surface area contributed by atoms with Gasteiger partial charge in [-0.25, -0.2) is 0 Å². The molecule has 0 radical (unpaired) electrons. The van der Waals surface area contributed by atoms with Crippen LogP contribution in [0.5, 0.6) is 0 Å². The van der Waals surface area contributed by atoms with Crippen molar-refractivity contribution in [3.8, 4) is 0 Å². The largest absolute Gasteiger partial charge is 0.433 e. The molecule has 3 rings (SSSR count).